The van der Waals surface area contributed by atoms with Crippen LogP contribution in [-0.4, -0.2) is 24.4 Å². The molecule has 0 fully saturated rings. The third-order valence-electron chi connectivity index (χ3n) is 1.48. The van der Waals surface area contributed by atoms with E-state index in [4.69, 9.17) is 5.73 Å². The fourth-order valence-corrected chi connectivity index (χ4v) is 0.911. The highest BCUT2D eigenvalue weighted by Gasteiger charge is 2.33. The van der Waals surface area contributed by atoms with E-state index < -0.39 is 23.8 Å². The Morgan fingerprint density at radius 2 is 2.06 bits per heavy atom. The molecule has 0 bridgehead atoms. The highest BCUT2D eigenvalue weighted by atomic mass is 19.4. The molecular weight excluding hydrogens is 229 g/mol. The van der Waals surface area contributed by atoms with Crippen molar-refractivity contribution < 1.29 is 27.4 Å². The number of esters is 1. The number of pyridine rings is 1. The maximum atomic E-state index is 12.0. The third-order valence-corrected chi connectivity index (χ3v) is 1.48. The van der Waals surface area contributed by atoms with Crippen LogP contribution in [0.2, 0.25) is 0 Å². The molecule has 2 N–H and O–H groups in total. The van der Waals surface area contributed by atoms with Crippen LogP contribution < -0.4 is 10.5 Å². The predicted octanol–water partition coefficient (Wildman–Crippen LogP) is 1.35. The molecule has 0 amide bonds. The van der Waals surface area contributed by atoms with Crippen molar-refractivity contribution in [3.8, 4) is 5.75 Å². The summed E-state index contributed by atoms with van der Waals surface area (Å²) in [7, 11) is 1.00. The summed E-state index contributed by atoms with van der Waals surface area (Å²) in [6.45, 7) is 0. The lowest BCUT2D eigenvalue weighted by Crippen LogP contribution is -2.20. The standard InChI is InChI=1S/C8H7F3N2O3/c1-15-7(14)6-4(16-8(9,10)11)2-3-5(12)13-6/h2-3H,1H3,(H2,12,13). The lowest BCUT2D eigenvalue weighted by Gasteiger charge is -2.11. The summed E-state index contributed by atoms with van der Waals surface area (Å²) in [6.07, 6.45) is -4.92. The molecule has 0 aromatic carbocycles. The van der Waals surface area contributed by atoms with Crippen molar-refractivity contribution in [2.45, 2.75) is 6.36 Å². The molecule has 8 heteroatoms. The predicted molar refractivity (Wildman–Crippen MR) is 46.7 cm³/mol. The van der Waals surface area contributed by atoms with Crippen molar-refractivity contribution in [2.24, 2.45) is 0 Å². The Labute approximate surface area is 88.0 Å². The first-order valence-corrected chi connectivity index (χ1v) is 3.94. The number of carbonyl (C=O) groups excluding carboxylic acids is 1. The number of rotatable bonds is 2. The molecule has 5 nitrogen and oxygen atoms in total. The normalized spacial score (nSPS) is 11.0. The lowest BCUT2D eigenvalue weighted by molar-refractivity contribution is -0.274. The number of methoxy groups -OCH3 is 1. The first kappa shape index (κ1) is 12.1. The second-order valence-corrected chi connectivity index (χ2v) is 2.62. The monoisotopic (exact) mass is 236 g/mol. The summed E-state index contributed by atoms with van der Waals surface area (Å²) in [5.41, 5.74) is 4.60. The molecule has 0 aliphatic carbocycles. The molecular formula is C8H7F3N2O3. The number of nitrogens with two attached hydrogens (primary N) is 1. The molecule has 0 radical (unpaired) electrons. The fraction of sp³-hybridized carbons (Fsp3) is 0.250. The van der Waals surface area contributed by atoms with Gasteiger partial charge in [-0.25, -0.2) is 9.78 Å². The van der Waals surface area contributed by atoms with E-state index in [1.807, 2.05) is 0 Å². The molecule has 0 spiro atoms. The Morgan fingerprint density at radius 1 is 1.44 bits per heavy atom. The van der Waals surface area contributed by atoms with E-state index in [9.17, 15) is 18.0 Å². The molecule has 0 aliphatic heterocycles. The number of ether oxygens (including phenoxy) is 2. The molecule has 1 rings (SSSR count). The van der Waals surface area contributed by atoms with Crippen molar-refractivity contribution in [3.63, 3.8) is 0 Å². The van der Waals surface area contributed by atoms with E-state index in [-0.39, 0.29) is 5.82 Å². The number of hydrogen-bond donors (Lipinski definition) is 1. The molecule has 1 heterocycles. The van der Waals surface area contributed by atoms with Gasteiger partial charge < -0.3 is 15.2 Å². The van der Waals surface area contributed by atoms with Crippen molar-refractivity contribution in [1.29, 1.82) is 0 Å². The van der Waals surface area contributed by atoms with E-state index in [0.717, 1.165) is 19.2 Å². The van der Waals surface area contributed by atoms with Gasteiger partial charge in [0.1, 0.15) is 5.82 Å². The van der Waals surface area contributed by atoms with Crippen LogP contribution in [0.25, 0.3) is 0 Å². The largest absolute Gasteiger partial charge is 0.573 e. The maximum Gasteiger partial charge on any atom is 0.573 e. The number of hydrogen-bond acceptors (Lipinski definition) is 5. The number of anilines is 1. The van der Waals surface area contributed by atoms with Gasteiger partial charge in [-0.2, -0.15) is 0 Å². The topological polar surface area (TPSA) is 74.4 Å². The van der Waals surface area contributed by atoms with Crippen LogP contribution in [0.4, 0.5) is 19.0 Å². The molecule has 0 saturated carbocycles. The molecule has 16 heavy (non-hydrogen) atoms. The SMILES string of the molecule is COC(=O)c1nc(N)ccc1OC(F)(F)F. The number of carbonyl (C=O) groups is 1. The minimum Gasteiger partial charge on any atom is -0.464 e. The van der Waals surface area contributed by atoms with E-state index >= 15 is 0 Å². The van der Waals surface area contributed by atoms with E-state index in [1.165, 1.54) is 0 Å². The molecule has 88 valence electrons. The van der Waals surface area contributed by atoms with Crippen LogP contribution in [0.5, 0.6) is 5.75 Å². The zero-order valence-corrected chi connectivity index (χ0v) is 8.04. The zero-order valence-electron chi connectivity index (χ0n) is 8.04. The smallest absolute Gasteiger partial charge is 0.464 e. The molecule has 1 aromatic rings. The summed E-state index contributed by atoms with van der Waals surface area (Å²) in [5.74, 6) is -1.94. The van der Waals surface area contributed by atoms with Crippen LogP contribution >= 0.6 is 0 Å². The first-order valence-electron chi connectivity index (χ1n) is 3.94. The summed E-state index contributed by atoms with van der Waals surface area (Å²) in [4.78, 5) is 14.5. The Morgan fingerprint density at radius 3 is 2.56 bits per heavy atom. The summed E-state index contributed by atoms with van der Waals surface area (Å²) < 4.78 is 43.7. The molecule has 0 aliphatic rings. The highest BCUT2D eigenvalue weighted by Crippen LogP contribution is 2.26. The number of nitrogens with zero attached hydrogens (tertiary/aromatic N) is 1. The van der Waals surface area contributed by atoms with Crippen LogP contribution in [0.15, 0.2) is 12.1 Å². The average molecular weight is 236 g/mol. The van der Waals surface area contributed by atoms with Gasteiger partial charge in [0.2, 0.25) is 0 Å². The number of halogens is 3. The Kier molecular flexibility index (Phi) is 3.21. The first-order chi connectivity index (χ1) is 7.33. The van der Waals surface area contributed by atoms with Gasteiger partial charge in [0, 0.05) is 0 Å². The van der Waals surface area contributed by atoms with Gasteiger partial charge in [0.15, 0.2) is 11.4 Å². The minimum absolute atomic E-state index is 0.116. The van der Waals surface area contributed by atoms with Gasteiger partial charge in [-0.15, -0.1) is 13.2 Å². The zero-order chi connectivity index (χ0) is 12.3. The minimum atomic E-state index is -4.92. The van der Waals surface area contributed by atoms with E-state index in [1.54, 1.807) is 0 Å². The Hall–Kier alpha value is -1.99. The number of alkyl halides is 3. The maximum absolute atomic E-state index is 12.0. The van der Waals surface area contributed by atoms with E-state index in [2.05, 4.69) is 14.5 Å². The average Bonchev–Trinajstić information content (AvgIpc) is 2.17. The van der Waals surface area contributed by atoms with Crippen LogP contribution in [0, 0.1) is 0 Å². The number of nitrogen functional groups attached to an aromatic ring is 1. The van der Waals surface area contributed by atoms with Crippen molar-refractivity contribution >= 4 is 11.8 Å². The van der Waals surface area contributed by atoms with Crippen LogP contribution in [0.1, 0.15) is 10.5 Å². The van der Waals surface area contributed by atoms with Crippen molar-refractivity contribution in [2.75, 3.05) is 12.8 Å². The summed E-state index contributed by atoms with van der Waals surface area (Å²) in [5, 5.41) is 0. The molecule has 0 saturated heterocycles. The highest BCUT2D eigenvalue weighted by molar-refractivity contribution is 5.90. The molecule has 1 aromatic heterocycles. The van der Waals surface area contributed by atoms with Gasteiger partial charge in [-0.1, -0.05) is 0 Å². The quantitative estimate of drug-likeness (QED) is 0.784. The van der Waals surface area contributed by atoms with Gasteiger partial charge in [-0.3, -0.25) is 0 Å². The second-order valence-electron chi connectivity index (χ2n) is 2.62. The van der Waals surface area contributed by atoms with Gasteiger partial charge in [-0.05, 0) is 12.1 Å². The second kappa shape index (κ2) is 4.25. The van der Waals surface area contributed by atoms with Crippen LogP contribution in [-0.2, 0) is 4.74 Å². The van der Waals surface area contributed by atoms with Crippen LogP contribution in [0.3, 0.4) is 0 Å². The van der Waals surface area contributed by atoms with Gasteiger partial charge in [0.05, 0.1) is 7.11 Å². The molecule has 0 atom stereocenters. The number of aromatic nitrogens is 1. The van der Waals surface area contributed by atoms with Crippen molar-refractivity contribution in [1.82, 2.24) is 4.98 Å². The third kappa shape index (κ3) is 3.01. The fourth-order valence-electron chi connectivity index (χ4n) is 0.911. The van der Waals surface area contributed by atoms with Gasteiger partial charge >= 0.3 is 12.3 Å². The Bertz CT molecular complexity index is 406. The van der Waals surface area contributed by atoms with E-state index in [0.29, 0.717) is 0 Å². The Balaban J connectivity index is 3.13. The van der Waals surface area contributed by atoms with Gasteiger partial charge in [0.25, 0.3) is 0 Å². The lowest BCUT2D eigenvalue weighted by atomic mass is 10.3. The summed E-state index contributed by atoms with van der Waals surface area (Å²) >= 11 is 0. The summed E-state index contributed by atoms with van der Waals surface area (Å²) in [6, 6.07) is 1.97. The van der Waals surface area contributed by atoms with Crippen molar-refractivity contribution in [3.05, 3.63) is 17.8 Å². The molecule has 0 unspecified atom stereocenters.